The number of anilines is 1. The van der Waals surface area contributed by atoms with E-state index in [1.807, 2.05) is 6.07 Å². The first-order chi connectivity index (χ1) is 13.3. The van der Waals surface area contributed by atoms with Gasteiger partial charge in [-0.2, -0.15) is 5.26 Å². The molecule has 0 bridgehead atoms. The number of ether oxygens (including phenoxy) is 2. The molecule has 2 rings (SSSR count). The molecule has 9 heteroatoms. The summed E-state index contributed by atoms with van der Waals surface area (Å²) >= 11 is 6.67. The van der Waals surface area contributed by atoms with Crippen molar-refractivity contribution in [2.75, 3.05) is 19.0 Å². The van der Waals surface area contributed by atoms with E-state index in [0.29, 0.717) is 25.9 Å². The molecule has 0 saturated carbocycles. The molecule has 7 nitrogen and oxygen atoms in total. The molecule has 0 aliphatic carbocycles. The lowest BCUT2D eigenvalue weighted by atomic mass is 10.1. The van der Waals surface area contributed by atoms with Crippen LogP contribution in [0.1, 0.15) is 5.56 Å². The van der Waals surface area contributed by atoms with E-state index < -0.39 is 11.9 Å². The molecule has 0 atom stereocenters. The normalized spacial score (nSPS) is 10.7. The third-order valence-corrected chi connectivity index (χ3v) is 4.56. The number of nitrogens with one attached hydrogen (secondary N) is 1. The summed E-state index contributed by atoms with van der Waals surface area (Å²) in [6, 6.07) is 11.0. The van der Waals surface area contributed by atoms with Gasteiger partial charge in [-0.1, -0.05) is 0 Å². The van der Waals surface area contributed by atoms with Crippen molar-refractivity contribution in [2.45, 2.75) is 0 Å². The molecule has 0 radical (unpaired) electrons. The summed E-state index contributed by atoms with van der Waals surface area (Å²) in [5.41, 5.74) is 0.884. The molecule has 2 N–H and O–H groups in total. The van der Waals surface area contributed by atoms with Crippen LogP contribution in [0, 0.1) is 11.3 Å². The van der Waals surface area contributed by atoms with E-state index >= 15 is 0 Å². The molecule has 0 aliphatic rings. The summed E-state index contributed by atoms with van der Waals surface area (Å²) in [5.74, 6) is -0.667. The summed E-state index contributed by atoms with van der Waals surface area (Å²) in [4.78, 5) is 23.5. The second-order valence-electron chi connectivity index (χ2n) is 5.35. The van der Waals surface area contributed by atoms with Gasteiger partial charge in [-0.15, -0.1) is 0 Å². The highest BCUT2D eigenvalue weighted by Crippen LogP contribution is 2.35. The molecule has 0 saturated heterocycles. The smallest absolute Gasteiger partial charge is 0.343 e. The zero-order valence-electron chi connectivity index (χ0n) is 14.5. The van der Waals surface area contributed by atoms with Gasteiger partial charge in [-0.05, 0) is 79.9 Å². The van der Waals surface area contributed by atoms with Crippen LogP contribution in [-0.4, -0.2) is 30.7 Å². The van der Waals surface area contributed by atoms with Crippen molar-refractivity contribution in [1.82, 2.24) is 0 Å². The maximum Gasteiger partial charge on any atom is 0.343 e. The number of halogens is 2. The summed E-state index contributed by atoms with van der Waals surface area (Å²) in [6.45, 7) is -0.263. The van der Waals surface area contributed by atoms with Crippen molar-refractivity contribution < 1.29 is 24.2 Å². The predicted octanol–water partition coefficient (Wildman–Crippen LogP) is 4.01. The number of carbonyl (C=O) groups is 2. The first kappa shape index (κ1) is 21.5. The zero-order valence-corrected chi connectivity index (χ0v) is 17.7. The fraction of sp³-hybridized carbons (Fsp3) is 0.105. The number of nitrogens with zero attached hydrogens (tertiary/aromatic N) is 1. The van der Waals surface area contributed by atoms with Gasteiger partial charge in [0.2, 0.25) is 0 Å². The number of hydrogen-bond acceptors (Lipinski definition) is 6. The number of methoxy groups -OCH3 is 1. The summed E-state index contributed by atoms with van der Waals surface area (Å²) in [7, 11) is 1.26. The Labute approximate surface area is 177 Å². The van der Waals surface area contributed by atoms with Crippen LogP contribution in [0.5, 0.6) is 11.5 Å². The van der Waals surface area contributed by atoms with Crippen LogP contribution in [0.4, 0.5) is 5.69 Å². The lowest BCUT2D eigenvalue weighted by Gasteiger charge is -2.10. The van der Waals surface area contributed by atoms with Gasteiger partial charge in [0, 0.05) is 5.69 Å². The van der Waals surface area contributed by atoms with Gasteiger partial charge in [0.1, 0.15) is 23.1 Å². The van der Waals surface area contributed by atoms with Crippen molar-refractivity contribution in [3.05, 3.63) is 56.5 Å². The highest BCUT2D eigenvalue weighted by molar-refractivity contribution is 9.11. The lowest BCUT2D eigenvalue weighted by molar-refractivity contribution is -0.142. The van der Waals surface area contributed by atoms with E-state index in [-0.39, 0.29) is 17.9 Å². The number of phenols is 1. The molecule has 0 aromatic heterocycles. The average molecular weight is 510 g/mol. The summed E-state index contributed by atoms with van der Waals surface area (Å²) in [5, 5.41) is 21.2. The average Bonchev–Trinajstić information content (AvgIpc) is 2.66. The molecule has 0 fully saturated rings. The van der Waals surface area contributed by atoms with E-state index in [9.17, 15) is 20.0 Å². The van der Waals surface area contributed by atoms with E-state index in [2.05, 4.69) is 41.9 Å². The molecular formula is C19H14Br2N2O5. The second-order valence-corrected chi connectivity index (χ2v) is 7.06. The summed E-state index contributed by atoms with van der Waals surface area (Å²) in [6.07, 6.45) is 1.41. The van der Waals surface area contributed by atoms with Crippen LogP contribution >= 0.6 is 31.9 Å². The maximum atomic E-state index is 12.3. The van der Waals surface area contributed by atoms with Crippen LogP contribution in [0.2, 0.25) is 0 Å². The van der Waals surface area contributed by atoms with E-state index in [0.717, 1.165) is 0 Å². The molecule has 144 valence electrons. The fourth-order valence-electron chi connectivity index (χ4n) is 2.05. The minimum Gasteiger partial charge on any atom is -0.508 e. The third-order valence-electron chi connectivity index (χ3n) is 3.38. The first-order valence-corrected chi connectivity index (χ1v) is 9.33. The van der Waals surface area contributed by atoms with Crippen LogP contribution in [0.15, 0.2) is 50.9 Å². The van der Waals surface area contributed by atoms with Gasteiger partial charge >= 0.3 is 5.97 Å². The van der Waals surface area contributed by atoms with Crippen LogP contribution in [0.25, 0.3) is 6.08 Å². The largest absolute Gasteiger partial charge is 0.508 e. The molecule has 0 spiro atoms. The monoisotopic (exact) mass is 508 g/mol. The Hall–Kier alpha value is -2.83. The van der Waals surface area contributed by atoms with Crippen molar-refractivity contribution >= 4 is 55.5 Å². The standard InChI is InChI=1S/C19H14Br2N2O5/c1-27-17(25)10-28-18-15(20)7-11(8-16(18)21)6-12(9-22)19(26)23-13-2-4-14(24)5-3-13/h2-8,24H,10H2,1H3,(H,23,26)/b12-6+. The topological polar surface area (TPSA) is 109 Å². The highest BCUT2D eigenvalue weighted by atomic mass is 79.9. The Morgan fingerprint density at radius 3 is 2.36 bits per heavy atom. The number of phenolic OH excluding ortho intramolecular Hbond substituents is 1. The van der Waals surface area contributed by atoms with Gasteiger partial charge in [-0.3, -0.25) is 4.79 Å². The Morgan fingerprint density at radius 1 is 1.21 bits per heavy atom. The van der Waals surface area contributed by atoms with E-state index in [1.54, 1.807) is 12.1 Å². The zero-order chi connectivity index (χ0) is 20.7. The molecule has 0 unspecified atom stereocenters. The Morgan fingerprint density at radius 2 is 1.82 bits per heavy atom. The number of nitriles is 1. The van der Waals surface area contributed by atoms with Crippen molar-refractivity contribution in [3.8, 4) is 17.6 Å². The van der Waals surface area contributed by atoms with Gasteiger partial charge < -0.3 is 19.9 Å². The Bertz CT molecular complexity index is 942. The molecular weight excluding hydrogens is 496 g/mol. The van der Waals surface area contributed by atoms with Crippen LogP contribution in [0.3, 0.4) is 0 Å². The number of esters is 1. The van der Waals surface area contributed by atoms with Gasteiger partial charge in [0.25, 0.3) is 5.91 Å². The fourth-order valence-corrected chi connectivity index (χ4v) is 3.50. The highest BCUT2D eigenvalue weighted by Gasteiger charge is 2.14. The Kier molecular flexibility index (Phi) is 7.61. The minimum absolute atomic E-state index is 0.0678. The lowest BCUT2D eigenvalue weighted by Crippen LogP contribution is -2.13. The maximum absolute atomic E-state index is 12.3. The number of rotatable bonds is 6. The number of carbonyl (C=O) groups excluding carboxylic acids is 2. The third kappa shape index (κ3) is 5.84. The molecule has 2 aromatic rings. The quantitative estimate of drug-likeness (QED) is 0.263. The van der Waals surface area contributed by atoms with Gasteiger partial charge in [0.15, 0.2) is 6.61 Å². The van der Waals surface area contributed by atoms with Gasteiger partial charge in [0.05, 0.1) is 16.1 Å². The van der Waals surface area contributed by atoms with Crippen LogP contribution < -0.4 is 10.1 Å². The molecule has 1 amide bonds. The number of amides is 1. The molecule has 0 aliphatic heterocycles. The summed E-state index contributed by atoms with van der Waals surface area (Å²) < 4.78 is 11.0. The van der Waals surface area contributed by atoms with Crippen LogP contribution in [-0.2, 0) is 14.3 Å². The van der Waals surface area contributed by atoms with E-state index in [1.165, 1.54) is 37.5 Å². The molecule has 2 aromatic carbocycles. The molecule has 0 heterocycles. The first-order valence-electron chi connectivity index (χ1n) is 7.75. The SMILES string of the molecule is COC(=O)COc1c(Br)cc(/C=C(\C#N)C(=O)Nc2ccc(O)cc2)cc1Br. The number of hydrogen-bond donors (Lipinski definition) is 2. The molecule has 28 heavy (non-hydrogen) atoms. The Balaban J connectivity index is 2.21. The van der Waals surface area contributed by atoms with Crippen molar-refractivity contribution in [1.29, 1.82) is 5.26 Å². The van der Waals surface area contributed by atoms with Crippen molar-refractivity contribution in [3.63, 3.8) is 0 Å². The minimum atomic E-state index is -0.591. The van der Waals surface area contributed by atoms with Gasteiger partial charge in [-0.25, -0.2) is 4.79 Å². The number of aromatic hydroxyl groups is 1. The predicted molar refractivity (Wildman–Crippen MR) is 110 cm³/mol. The second kappa shape index (κ2) is 9.92. The number of benzene rings is 2. The van der Waals surface area contributed by atoms with Crippen molar-refractivity contribution in [2.24, 2.45) is 0 Å². The van der Waals surface area contributed by atoms with E-state index in [4.69, 9.17) is 4.74 Å².